The van der Waals surface area contributed by atoms with E-state index in [9.17, 15) is 10.1 Å². The zero-order valence-electron chi connectivity index (χ0n) is 15.4. The number of nitrogens with one attached hydrogen (secondary N) is 2. The third kappa shape index (κ3) is 7.37. The van der Waals surface area contributed by atoms with Crippen molar-refractivity contribution in [1.29, 1.82) is 0 Å². The molecule has 0 radical (unpaired) electrons. The highest BCUT2D eigenvalue weighted by molar-refractivity contribution is 5.79. The highest BCUT2D eigenvalue weighted by Gasteiger charge is 2.09. The van der Waals surface area contributed by atoms with Gasteiger partial charge in [-0.25, -0.2) is 0 Å². The van der Waals surface area contributed by atoms with Crippen molar-refractivity contribution in [3.05, 3.63) is 39.9 Å². The summed E-state index contributed by atoms with van der Waals surface area (Å²) in [6.45, 7) is 6.34. The lowest BCUT2D eigenvalue weighted by Gasteiger charge is -2.26. The van der Waals surface area contributed by atoms with Gasteiger partial charge in [-0.05, 0) is 24.8 Å². The van der Waals surface area contributed by atoms with Gasteiger partial charge < -0.3 is 15.4 Å². The highest BCUT2D eigenvalue weighted by atomic mass is 16.6. The summed E-state index contributed by atoms with van der Waals surface area (Å²) >= 11 is 0. The molecule has 1 aliphatic rings. The van der Waals surface area contributed by atoms with Crippen LogP contribution in [0.5, 0.6) is 0 Å². The molecule has 0 unspecified atom stereocenters. The molecule has 1 aromatic rings. The van der Waals surface area contributed by atoms with Crippen LogP contribution in [0.1, 0.15) is 18.4 Å². The van der Waals surface area contributed by atoms with Crippen molar-refractivity contribution in [3.63, 3.8) is 0 Å². The summed E-state index contributed by atoms with van der Waals surface area (Å²) in [6, 6.07) is 6.79. The number of morpholine rings is 1. The van der Waals surface area contributed by atoms with Gasteiger partial charge in [0, 0.05) is 51.9 Å². The number of unbranched alkanes of at least 4 members (excludes halogenated alkanes) is 1. The average Bonchev–Trinajstić information content (AvgIpc) is 2.67. The lowest BCUT2D eigenvalue weighted by molar-refractivity contribution is -0.384. The van der Waals surface area contributed by atoms with Crippen LogP contribution < -0.4 is 10.6 Å². The molecule has 1 heterocycles. The summed E-state index contributed by atoms with van der Waals surface area (Å²) in [5, 5.41) is 17.3. The molecule has 0 saturated carbocycles. The number of guanidine groups is 1. The number of non-ortho nitro benzene ring substituents is 1. The topological polar surface area (TPSA) is 92.0 Å². The van der Waals surface area contributed by atoms with Gasteiger partial charge in [0.15, 0.2) is 5.96 Å². The largest absolute Gasteiger partial charge is 0.379 e. The number of hydrogen-bond acceptors (Lipinski definition) is 5. The number of nitro benzene ring substituents is 1. The molecule has 1 fully saturated rings. The second-order valence-corrected chi connectivity index (χ2v) is 6.26. The fraction of sp³-hybridized carbons (Fsp3) is 0.611. The zero-order valence-corrected chi connectivity index (χ0v) is 15.4. The molecule has 2 N–H and O–H groups in total. The number of benzene rings is 1. The minimum Gasteiger partial charge on any atom is -0.379 e. The Morgan fingerprint density at radius 1 is 1.19 bits per heavy atom. The van der Waals surface area contributed by atoms with Crippen LogP contribution in [-0.4, -0.2) is 68.8 Å². The van der Waals surface area contributed by atoms with Crippen LogP contribution >= 0.6 is 0 Å². The van der Waals surface area contributed by atoms with Crippen LogP contribution in [0, 0.1) is 10.1 Å². The molecule has 8 heteroatoms. The summed E-state index contributed by atoms with van der Waals surface area (Å²) in [5.41, 5.74) is 1.27. The van der Waals surface area contributed by atoms with E-state index in [0.29, 0.717) is 0 Å². The van der Waals surface area contributed by atoms with E-state index in [1.165, 1.54) is 0 Å². The van der Waals surface area contributed by atoms with Crippen molar-refractivity contribution in [1.82, 2.24) is 15.5 Å². The number of rotatable bonds is 9. The van der Waals surface area contributed by atoms with Crippen LogP contribution in [0.15, 0.2) is 29.3 Å². The Morgan fingerprint density at radius 2 is 1.88 bits per heavy atom. The zero-order chi connectivity index (χ0) is 18.6. The Morgan fingerprint density at radius 3 is 2.54 bits per heavy atom. The minimum atomic E-state index is -0.370. The normalized spacial score (nSPS) is 15.7. The van der Waals surface area contributed by atoms with Crippen molar-refractivity contribution in [2.24, 2.45) is 4.99 Å². The van der Waals surface area contributed by atoms with Gasteiger partial charge in [-0.2, -0.15) is 0 Å². The van der Waals surface area contributed by atoms with E-state index in [1.54, 1.807) is 19.2 Å². The predicted octanol–water partition coefficient (Wildman–Crippen LogP) is 1.41. The van der Waals surface area contributed by atoms with Gasteiger partial charge >= 0.3 is 0 Å². The first-order valence-corrected chi connectivity index (χ1v) is 9.17. The Kier molecular flexibility index (Phi) is 8.85. The van der Waals surface area contributed by atoms with Gasteiger partial charge in [-0.3, -0.25) is 20.0 Å². The van der Waals surface area contributed by atoms with Gasteiger partial charge in [0.2, 0.25) is 0 Å². The molecule has 0 amide bonds. The maximum Gasteiger partial charge on any atom is 0.269 e. The molecule has 1 aliphatic heterocycles. The third-order valence-corrected chi connectivity index (χ3v) is 4.38. The number of aryl methyl sites for hydroxylation is 1. The van der Waals surface area contributed by atoms with E-state index < -0.39 is 0 Å². The lowest BCUT2D eigenvalue weighted by Crippen LogP contribution is -2.44. The van der Waals surface area contributed by atoms with Gasteiger partial charge in [-0.15, -0.1) is 0 Å². The molecule has 2 rings (SSSR count). The van der Waals surface area contributed by atoms with E-state index in [0.717, 1.165) is 76.7 Å². The first-order chi connectivity index (χ1) is 12.7. The molecule has 1 saturated heterocycles. The van der Waals surface area contributed by atoms with Crippen molar-refractivity contribution in [3.8, 4) is 0 Å². The van der Waals surface area contributed by atoms with Crippen LogP contribution in [-0.2, 0) is 11.2 Å². The fourth-order valence-electron chi connectivity index (χ4n) is 2.82. The molecule has 0 spiro atoms. The van der Waals surface area contributed by atoms with Gasteiger partial charge in [0.05, 0.1) is 18.1 Å². The summed E-state index contributed by atoms with van der Waals surface area (Å²) < 4.78 is 5.34. The number of nitrogens with zero attached hydrogens (tertiary/aromatic N) is 3. The smallest absolute Gasteiger partial charge is 0.269 e. The van der Waals surface area contributed by atoms with Crippen molar-refractivity contribution < 1.29 is 9.66 Å². The van der Waals surface area contributed by atoms with E-state index in [-0.39, 0.29) is 10.6 Å². The minimum absolute atomic E-state index is 0.141. The molecular weight excluding hydrogens is 334 g/mol. The molecule has 0 bridgehead atoms. The van der Waals surface area contributed by atoms with Gasteiger partial charge in [0.1, 0.15) is 0 Å². The predicted molar refractivity (Wildman–Crippen MR) is 103 cm³/mol. The third-order valence-electron chi connectivity index (χ3n) is 4.38. The Hall–Kier alpha value is -2.19. The number of hydrogen-bond donors (Lipinski definition) is 2. The molecule has 1 aromatic carbocycles. The average molecular weight is 363 g/mol. The summed E-state index contributed by atoms with van der Waals surface area (Å²) in [7, 11) is 1.78. The molecule has 0 aliphatic carbocycles. The maximum atomic E-state index is 10.6. The highest BCUT2D eigenvalue weighted by Crippen LogP contribution is 2.13. The van der Waals surface area contributed by atoms with Crippen LogP contribution in [0.2, 0.25) is 0 Å². The first kappa shape index (κ1) is 20.1. The first-order valence-electron chi connectivity index (χ1n) is 9.17. The Labute approximate surface area is 154 Å². The van der Waals surface area contributed by atoms with Gasteiger partial charge in [0.25, 0.3) is 5.69 Å². The molecule has 8 nitrogen and oxygen atoms in total. The standard InChI is InChI=1S/C18H29N5O3/c1-19-18(21-10-11-22-12-14-26-15-13-22)20-9-3-2-4-16-5-7-17(8-6-16)23(24)25/h5-8H,2-4,9-15H2,1H3,(H2,19,20,21). The Balaban J connectivity index is 1.55. The van der Waals surface area contributed by atoms with E-state index in [1.807, 2.05) is 12.1 Å². The number of ether oxygens (including phenoxy) is 1. The number of aliphatic imine (C=N–C) groups is 1. The molecule has 0 aromatic heterocycles. The van der Waals surface area contributed by atoms with Crippen molar-refractivity contribution >= 4 is 11.6 Å². The van der Waals surface area contributed by atoms with Crippen LogP contribution in [0.25, 0.3) is 0 Å². The summed E-state index contributed by atoms with van der Waals surface area (Å²) in [6.07, 6.45) is 2.96. The van der Waals surface area contributed by atoms with E-state index >= 15 is 0 Å². The quantitative estimate of drug-likeness (QED) is 0.227. The van der Waals surface area contributed by atoms with Crippen LogP contribution in [0.4, 0.5) is 5.69 Å². The second-order valence-electron chi connectivity index (χ2n) is 6.26. The van der Waals surface area contributed by atoms with E-state index in [4.69, 9.17) is 4.74 Å². The van der Waals surface area contributed by atoms with Crippen molar-refractivity contribution in [2.45, 2.75) is 19.3 Å². The summed E-state index contributed by atoms with van der Waals surface area (Å²) in [4.78, 5) is 16.9. The van der Waals surface area contributed by atoms with Crippen LogP contribution in [0.3, 0.4) is 0 Å². The molecule has 26 heavy (non-hydrogen) atoms. The Bertz CT molecular complexity index is 571. The summed E-state index contributed by atoms with van der Waals surface area (Å²) in [5.74, 6) is 0.827. The SMILES string of the molecule is CN=C(NCCCCc1ccc([N+](=O)[O-])cc1)NCCN1CCOCC1. The maximum absolute atomic E-state index is 10.6. The molecular formula is C18H29N5O3. The lowest BCUT2D eigenvalue weighted by atomic mass is 10.1. The fourth-order valence-corrected chi connectivity index (χ4v) is 2.82. The monoisotopic (exact) mass is 363 g/mol. The second kappa shape index (κ2) is 11.4. The van der Waals surface area contributed by atoms with Crippen molar-refractivity contribution in [2.75, 3.05) is 53.0 Å². The number of nitro groups is 1. The molecule has 144 valence electrons. The molecule has 0 atom stereocenters. The van der Waals surface area contributed by atoms with E-state index in [2.05, 4.69) is 20.5 Å². The van der Waals surface area contributed by atoms with Gasteiger partial charge in [-0.1, -0.05) is 12.1 Å².